The van der Waals surface area contributed by atoms with Gasteiger partial charge in [-0.2, -0.15) is 0 Å². The minimum Gasteiger partial charge on any atom is -0.352 e. The first-order chi connectivity index (χ1) is 6.95. The van der Waals surface area contributed by atoms with Gasteiger partial charge in [0, 0.05) is 25.6 Å². The summed E-state index contributed by atoms with van der Waals surface area (Å²) in [7, 11) is 0. The summed E-state index contributed by atoms with van der Waals surface area (Å²) in [5.74, 6) is -1.31. The van der Waals surface area contributed by atoms with Gasteiger partial charge in [0.2, 0.25) is 11.7 Å². The highest BCUT2D eigenvalue weighted by Gasteiger charge is 2.05. The first-order valence-corrected chi connectivity index (χ1v) is 4.67. The lowest BCUT2D eigenvalue weighted by Gasteiger charge is -2.05. The van der Waals surface area contributed by atoms with E-state index in [4.69, 9.17) is 0 Å². The number of nitrogens with one attached hydrogen (secondary N) is 2. The van der Waals surface area contributed by atoms with Crippen LogP contribution in [0.2, 0.25) is 0 Å². The first kappa shape index (κ1) is 13.4. The van der Waals surface area contributed by atoms with Crippen LogP contribution < -0.4 is 10.6 Å². The third kappa shape index (κ3) is 6.42. The lowest BCUT2D eigenvalue weighted by molar-refractivity contribution is -0.136. The number of carbonyl (C=O) groups is 3. The quantitative estimate of drug-likeness (QED) is 0.363. The zero-order chi connectivity index (χ0) is 11.8. The van der Waals surface area contributed by atoms with Crippen LogP contribution in [0.5, 0.6) is 0 Å². The molecule has 0 radical (unpaired) electrons. The van der Waals surface area contributed by atoms with E-state index in [2.05, 4.69) is 17.2 Å². The van der Waals surface area contributed by atoms with E-state index in [0.717, 1.165) is 0 Å². The van der Waals surface area contributed by atoms with Crippen molar-refractivity contribution in [2.45, 2.75) is 20.3 Å². The molecule has 5 heteroatoms. The smallest absolute Gasteiger partial charge is 0.287 e. The first-order valence-electron chi connectivity index (χ1n) is 4.67. The number of hydrogen-bond donors (Lipinski definition) is 2. The average molecular weight is 212 g/mol. The summed E-state index contributed by atoms with van der Waals surface area (Å²) in [5, 5.41) is 5.03. The van der Waals surface area contributed by atoms with Gasteiger partial charge in [-0.15, -0.1) is 0 Å². The van der Waals surface area contributed by atoms with E-state index in [1.165, 1.54) is 6.92 Å². The van der Waals surface area contributed by atoms with Crippen LogP contribution in [0.15, 0.2) is 12.2 Å². The van der Waals surface area contributed by atoms with Crippen molar-refractivity contribution in [3.05, 3.63) is 12.2 Å². The van der Waals surface area contributed by atoms with E-state index in [1.54, 1.807) is 6.92 Å². The van der Waals surface area contributed by atoms with Gasteiger partial charge in [-0.3, -0.25) is 14.4 Å². The van der Waals surface area contributed by atoms with Gasteiger partial charge in [-0.25, -0.2) is 0 Å². The van der Waals surface area contributed by atoms with E-state index in [-0.39, 0.29) is 5.91 Å². The zero-order valence-electron chi connectivity index (χ0n) is 9.05. The largest absolute Gasteiger partial charge is 0.352 e. The second-order valence-electron chi connectivity index (χ2n) is 3.20. The second kappa shape index (κ2) is 6.75. The van der Waals surface area contributed by atoms with E-state index in [9.17, 15) is 14.4 Å². The van der Waals surface area contributed by atoms with Gasteiger partial charge in [0.05, 0.1) is 0 Å². The molecule has 0 aromatic carbocycles. The van der Waals surface area contributed by atoms with Crippen molar-refractivity contribution in [1.82, 2.24) is 10.6 Å². The van der Waals surface area contributed by atoms with Crippen molar-refractivity contribution in [2.75, 3.05) is 13.1 Å². The molecule has 0 aromatic heterocycles. The molecule has 0 spiro atoms. The van der Waals surface area contributed by atoms with Gasteiger partial charge in [0.15, 0.2) is 0 Å². The van der Waals surface area contributed by atoms with Crippen molar-refractivity contribution in [3.8, 4) is 0 Å². The van der Waals surface area contributed by atoms with E-state index in [0.29, 0.717) is 25.1 Å². The molecule has 2 amide bonds. The maximum atomic E-state index is 11.0. The number of carbonyl (C=O) groups excluding carboxylic acids is 3. The molecule has 0 unspecified atom stereocenters. The maximum Gasteiger partial charge on any atom is 0.287 e. The number of rotatable bonds is 6. The van der Waals surface area contributed by atoms with Gasteiger partial charge in [-0.1, -0.05) is 6.58 Å². The summed E-state index contributed by atoms with van der Waals surface area (Å²) in [6, 6.07) is 0. The monoisotopic (exact) mass is 212 g/mol. The molecule has 0 rings (SSSR count). The molecule has 0 saturated heterocycles. The number of ketones is 1. The van der Waals surface area contributed by atoms with Crippen LogP contribution in [-0.2, 0) is 14.4 Å². The topological polar surface area (TPSA) is 75.3 Å². The van der Waals surface area contributed by atoms with Crippen LogP contribution in [-0.4, -0.2) is 30.7 Å². The molecule has 0 fully saturated rings. The summed E-state index contributed by atoms with van der Waals surface area (Å²) in [6.45, 7) is 7.12. The van der Waals surface area contributed by atoms with Crippen molar-refractivity contribution in [3.63, 3.8) is 0 Å². The Morgan fingerprint density at radius 3 is 1.87 bits per heavy atom. The van der Waals surface area contributed by atoms with Crippen LogP contribution in [0.1, 0.15) is 20.3 Å². The lowest BCUT2D eigenvalue weighted by Crippen LogP contribution is -2.32. The Morgan fingerprint density at radius 1 is 1.00 bits per heavy atom. The summed E-state index contributed by atoms with van der Waals surface area (Å²) in [6.07, 6.45) is 0.581. The van der Waals surface area contributed by atoms with E-state index >= 15 is 0 Å². The minimum atomic E-state index is -0.596. The number of amides is 2. The molecule has 0 aliphatic carbocycles. The molecule has 0 atom stereocenters. The third-order valence-corrected chi connectivity index (χ3v) is 1.63. The van der Waals surface area contributed by atoms with Crippen LogP contribution >= 0.6 is 0 Å². The van der Waals surface area contributed by atoms with Gasteiger partial charge in [-0.05, 0) is 13.3 Å². The number of hydrogen-bond acceptors (Lipinski definition) is 3. The highest BCUT2D eigenvalue weighted by atomic mass is 16.2. The van der Waals surface area contributed by atoms with E-state index in [1.807, 2.05) is 0 Å². The van der Waals surface area contributed by atoms with Crippen LogP contribution in [0, 0.1) is 0 Å². The Kier molecular flexibility index (Phi) is 6.01. The van der Waals surface area contributed by atoms with Crippen molar-refractivity contribution in [2.24, 2.45) is 0 Å². The van der Waals surface area contributed by atoms with Crippen molar-refractivity contribution >= 4 is 17.6 Å². The molecular weight excluding hydrogens is 196 g/mol. The average Bonchev–Trinajstić information content (AvgIpc) is 2.16. The maximum absolute atomic E-state index is 11.0. The minimum absolute atomic E-state index is 0.201. The normalized spacial score (nSPS) is 9.20. The second-order valence-corrected chi connectivity index (χ2v) is 3.20. The Morgan fingerprint density at radius 2 is 1.47 bits per heavy atom. The van der Waals surface area contributed by atoms with Gasteiger partial charge in [0.1, 0.15) is 0 Å². The fraction of sp³-hybridized carbons (Fsp3) is 0.500. The lowest BCUT2D eigenvalue weighted by atomic mass is 10.3. The van der Waals surface area contributed by atoms with Crippen LogP contribution in [0.3, 0.4) is 0 Å². The van der Waals surface area contributed by atoms with Crippen LogP contribution in [0.4, 0.5) is 0 Å². The highest BCUT2D eigenvalue weighted by molar-refractivity contribution is 6.35. The molecule has 0 aliphatic rings. The molecular formula is C10H16N2O3. The van der Waals surface area contributed by atoms with Crippen molar-refractivity contribution < 1.29 is 14.4 Å². The zero-order valence-corrected chi connectivity index (χ0v) is 9.05. The molecule has 84 valence electrons. The Balaban J connectivity index is 3.48. The summed E-state index contributed by atoms with van der Waals surface area (Å²) in [4.78, 5) is 32.3. The fourth-order valence-corrected chi connectivity index (χ4v) is 0.768. The summed E-state index contributed by atoms with van der Waals surface area (Å²) < 4.78 is 0. The summed E-state index contributed by atoms with van der Waals surface area (Å²) in [5.41, 5.74) is 0.447. The molecule has 0 saturated carbocycles. The van der Waals surface area contributed by atoms with E-state index < -0.39 is 11.7 Å². The molecule has 0 aromatic rings. The highest BCUT2D eigenvalue weighted by Crippen LogP contribution is 1.85. The van der Waals surface area contributed by atoms with Crippen molar-refractivity contribution in [1.29, 1.82) is 0 Å². The Labute approximate surface area is 88.9 Å². The summed E-state index contributed by atoms with van der Waals surface area (Å²) >= 11 is 0. The predicted octanol–water partition coefficient (Wildman–Crippen LogP) is -0.226. The third-order valence-electron chi connectivity index (χ3n) is 1.63. The molecule has 2 N–H and O–H groups in total. The molecule has 5 nitrogen and oxygen atoms in total. The number of Topliss-reactive ketones (excluding diaryl/α,β-unsaturated/α-hetero) is 1. The molecule has 15 heavy (non-hydrogen) atoms. The Bertz CT molecular complexity index is 256. The fourth-order valence-electron chi connectivity index (χ4n) is 0.768. The molecule has 0 heterocycles. The van der Waals surface area contributed by atoms with Gasteiger partial charge in [0.25, 0.3) is 5.91 Å². The predicted molar refractivity (Wildman–Crippen MR) is 56.1 cm³/mol. The van der Waals surface area contributed by atoms with Gasteiger partial charge >= 0.3 is 0 Å². The van der Waals surface area contributed by atoms with Gasteiger partial charge < -0.3 is 10.6 Å². The SMILES string of the molecule is C=C(C)C(=O)NCCCNC(=O)C(C)=O. The Hall–Kier alpha value is -1.65. The standard InChI is InChI=1S/C10H16N2O3/c1-7(2)9(14)11-5-4-6-12-10(15)8(3)13/h1,4-6H2,2-3H3,(H,11,14)(H,12,15). The molecule has 0 bridgehead atoms. The molecule has 0 aliphatic heterocycles. The van der Waals surface area contributed by atoms with Crippen LogP contribution in [0.25, 0.3) is 0 Å².